The number of rotatable bonds is 4. The van der Waals surface area contributed by atoms with Crippen LogP contribution in [0.25, 0.3) is 0 Å². The van der Waals surface area contributed by atoms with Gasteiger partial charge in [0.2, 0.25) is 0 Å². The fourth-order valence-corrected chi connectivity index (χ4v) is 0.551. The predicted molar refractivity (Wildman–Crippen MR) is 42.6 cm³/mol. The summed E-state index contributed by atoms with van der Waals surface area (Å²) in [6.45, 7) is 7.37. The van der Waals surface area contributed by atoms with Gasteiger partial charge in [-0.2, -0.15) is 0 Å². The van der Waals surface area contributed by atoms with E-state index in [4.69, 9.17) is 5.73 Å². The van der Waals surface area contributed by atoms with Crippen molar-refractivity contribution in [2.45, 2.75) is 26.3 Å². The summed E-state index contributed by atoms with van der Waals surface area (Å²) in [5, 5.41) is 0. The molecular weight excluding hydrogens is 126 g/mol. The predicted octanol–water partition coefficient (Wildman–Crippen LogP) is 1.11. The molecule has 0 aliphatic rings. The summed E-state index contributed by atoms with van der Waals surface area (Å²) in [6.07, 6.45) is 1.74. The van der Waals surface area contributed by atoms with Gasteiger partial charge in [-0.1, -0.05) is 20.4 Å². The number of hydrogen-bond acceptors (Lipinski definition) is 2. The fraction of sp³-hybridized carbons (Fsp3) is 0.625. The molecule has 2 heteroatoms. The van der Waals surface area contributed by atoms with Gasteiger partial charge in [-0.05, 0) is 12.0 Å². The Balaban J connectivity index is 3.67. The second-order valence-corrected chi connectivity index (χ2v) is 2.78. The zero-order valence-electron chi connectivity index (χ0n) is 6.63. The standard InChI is InChI=1S/C8H15NO/c1-4-7(10)5-8(9)6(2)3/h4,6,8H,1,5,9H2,2-3H3. The summed E-state index contributed by atoms with van der Waals surface area (Å²) in [7, 11) is 0. The van der Waals surface area contributed by atoms with E-state index in [2.05, 4.69) is 6.58 Å². The van der Waals surface area contributed by atoms with E-state index in [1.165, 1.54) is 6.08 Å². The van der Waals surface area contributed by atoms with Crippen LogP contribution in [-0.4, -0.2) is 11.8 Å². The maximum absolute atomic E-state index is 10.7. The van der Waals surface area contributed by atoms with Crippen LogP contribution in [0.15, 0.2) is 12.7 Å². The van der Waals surface area contributed by atoms with Crippen molar-refractivity contribution in [1.29, 1.82) is 0 Å². The molecule has 0 aliphatic heterocycles. The van der Waals surface area contributed by atoms with Crippen LogP contribution in [0.4, 0.5) is 0 Å². The number of carbonyl (C=O) groups is 1. The van der Waals surface area contributed by atoms with Crippen LogP contribution in [0.3, 0.4) is 0 Å². The van der Waals surface area contributed by atoms with E-state index in [9.17, 15) is 4.79 Å². The van der Waals surface area contributed by atoms with Crippen LogP contribution in [-0.2, 0) is 4.79 Å². The molecule has 0 aliphatic carbocycles. The van der Waals surface area contributed by atoms with Gasteiger partial charge < -0.3 is 5.73 Å². The molecule has 0 aromatic rings. The van der Waals surface area contributed by atoms with Crippen LogP contribution in [0.2, 0.25) is 0 Å². The molecule has 0 saturated heterocycles. The zero-order chi connectivity index (χ0) is 8.15. The van der Waals surface area contributed by atoms with Gasteiger partial charge in [0.05, 0.1) is 0 Å². The summed E-state index contributed by atoms with van der Waals surface area (Å²) in [4.78, 5) is 10.7. The van der Waals surface area contributed by atoms with E-state index < -0.39 is 0 Å². The van der Waals surface area contributed by atoms with Gasteiger partial charge in [-0.15, -0.1) is 0 Å². The first-order valence-corrected chi connectivity index (χ1v) is 3.48. The molecule has 0 fully saturated rings. The lowest BCUT2D eigenvalue weighted by atomic mass is 10.00. The van der Waals surface area contributed by atoms with Crippen LogP contribution in [0.5, 0.6) is 0 Å². The van der Waals surface area contributed by atoms with Crippen molar-refractivity contribution >= 4 is 5.78 Å². The van der Waals surface area contributed by atoms with Crippen LogP contribution in [0, 0.1) is 5.92 Å². The summed E-state index contributed by atoms with van der Waals surface area (Å²) in [5.74, 6) is 0.394. The third kappa shape index (κ3) is 3.41. The Morgan fingerprint density at radius 3 is 2.50 bits per heavy atom. The van der Waals surface area contributed by atoms with Gasteiger partial charge in [0.15, 0.2) is 5.78 Å². The average molecular weight is 141 g/mol. The third-order valence-corrected chi connectivity index (χ3v) is 1.52. The second-order valence-electron chi connectivity index (χ2n) is 2.78. The summed E-state index contributed by atoms with van der Waals surface area (Å²) >= 11 is 0. The molecule has 0 saturated carbocycles. The molecule has 2 N–H and O–H groups in total. The Hall–Kier alpha value is -0.630. The van der Waals surface area contributed by atoms with Gasteiger partial charge in [-0.3, -0.25) is 4.79 Å². The molecular formula is C8H15NO. The van der Waals surface area contributed by atoms with Crippen molar-refractivity contribution < 1.29 is 4.79 Å². The van der Waals surface area contributed by atoms with Crippen molar-refractivity contribution in [3.63, 3.8) is 0 Å². The van der Waals surface area contributed by atoms with Crippen molar-refractivity contribution in [2.24, 2.45) is 11.7 Å². The minimum atomic E-state index is -0.0227. The minimum absolute atomic E-state index is 0.0227. The maximum atomic E-state index is 10.7. The summed E-state index contributed by atoms with van der Waals surface area (Å²) in [6, 6.07) is -0.0227. The Labute approximate surface area is 62.1 Å². The smallest absolute Gasteiger partial charge is 0.156 e. The van der Waals surface area contributed by atoms with Crippen LogP contribution < -0.4 is 5.73 Å². The maximum Gasteiger partial charge on any atom is 0.156 e. The quantitative estimate of drug-likeness (QED) is 0.596. The van der Waals surface area contributed by atoms with Crippen molar-refractivity contribution in [3.05, 3.63) is 12.7 Å². The molecule has 0 rings (SSSR count). The molecule has 1 unspecified atom stereocenters. The molecule has 58 valence electrons. The van der Waals surface area contributed by atoms with E-state index >= 15 is 0 Å². The lowest BCUT2D eigenvalue weighted by Gasteiger charge is -2.12. The van der Waals surface area contributed by atoms with Crippen molar-refractivity contribution in [1.82, 2.24) is 0 Å². The molecule has 0 aromatic heterocycles. The molecule has 1 atom stereocenters. The Morgan fingerprint density at radius 2 is 2.20 bits per heavy atom. The summed E-state index contributed by atoms with van der Waals surface area (Å²) < 4.78 is 0. The minimum Gasteiger partial charge on any atom is -0.327 e. The second kappa shape index (κ2) is 4.23. The van der Waals surface area contributed by atoms with Crippen molar-refractivity contribution in [3.8, 4) is 0 Å². The van der Waals surface area contributed by atoms with Crippen LogP contribution in [0.1, 0.15) is 20.3 Å². The highest BCUT2D eigenvalue weighted by atomic mass is 16.1. The first-order chi connectivity index (χ1) is 4.57. The summed E-state index contributed by atoms with van der Waals surface area (Å²) in [5.41, 5.74) is 5.62. The molecule has 0 radical (unpaired) electrons. The molecule has 0 aromatic carbocycles. The first kappa shape index (κ1) is 9.37. The Bertz CT molecular complexity index is 129. The molecule has 0 bridgehead atoms. The van der Waals surface area contributed by atoms with E-state index in [0.29, 0.717) is 12.3 Å². The average Bonchev–Trinajstić information content (AvgIpc) is 1.87. The lowest BCUT2D eigenvalue weighted by Crippen LogP contribution is -2.28. The topological polar surface area (TPSA) is 43.1 Å². The number of hydrogen-bond donors (Lipinski definition) is 1. The highest BCUT2D eigenvalue weighted by Crippen LogP contribution is 2.02. The van der Waals surface area contributed by atoms with Crippen molar-refractivity contribution in [2.75, 3.05) is 0 Å². The van der Waals surface area contributed by atoms with E-state index in [1.807, 2.05) is 13.8 Å². The number of carbonyl (C=O) groups excluding carboxylic acids is 1. The molecule has 0 heterocycles. The highest BCUT2D eigenvalue weighted by Gasteiger charge is 2.09. The largest absolute Gasteiger partial charge is 0.327 e. The van der Waals surface area contributed by atoms with E-state index in [-0.39, 0.29) is 11.8 Å². The van der Waals surface area contributed by atoms with E-state index in [0.717, 1.165) is 0 Å². The van der Waals surface area contributed by atoms with Gasteiger partial charge in [0.25, 0.3) is 0 Å². The first-order valence-electron chi connectivity index (χ1n) is 3.48. The molecule has 0 spiro atoms. The monoisotopic (exact) mass is 141 g/mol. The van der Waals surface area contributed by atoms with Gasteiger partial charge >= 0.3 is 0 Å². The SMILES string of the molecule is C=CC(=O)CC(N)C(C)C. The molecule has 10 heavy (non-hydrogen) atoms. The Morgan fingerprint density at radius 1 is 1.70 bits per heavy atom. The molecule has 0 amide bonds. The zero-order valence-corrected chi connectivity index (χ0v) is 6.63. The van der Waals surface area contributed by atoms with E-state index in [1.54, 1.807) is 0 Å². The highest BCUT2D eigenvalue weighted by molar-refractivity contribution is 5.89. The number of ketones is 1. The molecule has 2 nitrogen and oxygen atoms in total. The Kier molecular flexibility index (Phi) is 3.96. The number of nitrogens with two attached hydrogens (primary N) is 1. The third-order valence-electron chi connectivity index (χ3n) is 1.52. The fourth-order valence-electron chi connectivity index (χ4n) is 0.551. The normalized spacial score (nSPS) is 13.2. The van der Waals surface area contributed by atoms with Gasteiger partial charge in [0, 0.05) is 12.5 Å². The van der Waals surface area contributed by atoms with Gasteiger partial charge in [0.1, 0.15) is 0 Å². The van der Waals surface area contributed by atoms with Gasteiger partial charge in [-0.25, -0.2) is 0 Å². The lowest BCUT2D eigenvalue weighted by molar-refractivity contribution is -0.115. The number of allylic oxidation sites excluding steroid dienone is 1. The van der Waals surface area contributed by atoms with Crippen LogP contribution >= 0.6 is 0 Å².